The van der Waals surface area contributed by atoms with Crippen LogP contribution in [0.3, 0.4) is 0 Å². The fraction of sp³-hybridized carbons (Fsp3) is 0.750. The Morgan fingerprint density at radius 3 is 1.96 bits per heavy atom. The quantitative estimate of drug-likeness (QED) is 0.383. The second-order valence-electron chi connectivity index (χ2n) is 8.08. The first kappa shape index (κ1) is 22.4. The smallest absolute Gasteiger partial charge is 0.256 e. The predicted octanol–water partition coefficient (Wildman–Crippen LogP) is 6.37. The SMILES string of the molecule is CCCCC(CC)COC1(OCC(CC)CCCC)NCc2ccccc21. The van der Waals surface area contributed by atoms with E-state index in [1.165, 1.54) is 49.7 Å². The molecule has 0 bridgehead atoms. The van der Waals surface area contributed by atoms with E-state index in [0.29, 0.717) is 11.8 Å². The summed E-state index contributed by atoms with van der Waals surface area (Å²) in [5.41, 5.74) is 2.46. The third-order valence-corrected chi connectivity index (χ3v) is 6.01. The molecule has 1 aromatic rings. The molecule has 3 nitrogen and oxygen atoms in total. The Bertz CT molecular complexity index is 511. The molecular formula is C24H41NO2. The first-order chi connectivity index (χ1) is 13.2. The number of hydrogen-bond acceptors (Lipinski definition) is 3. The van der Waals surface area contributed by atoms with Crippen molar-refractivity contribution in [2.45, 2.75) is 91.5 Å². The van der Waals surface area contributed by atoms with Gasteiger partial charge in [-0.05, 0) is 30.2 Å². The van der Waals surface area contributed by atoms with Gasteiger partial charge in [0.15, 0.2) is 0 Å². The molecule has 2 rings (SSSR count). The maximum absolute atomic E-state index is 6.53. The molecule has 1 heterocycles. The predicted molar refractivity (Wildman–Crippen MR) is 113 cm³/mol. The van der Waals surface area contributed by atoms with E-state index in [1.807, 2.05) is 0 Å². The highest BCUT2D eigenvalue weighted by Gasteiger charge is 2.41. The Morgan fingerprint density at radius 2 is 1.44 bits per heavy atom. The summed E-state index contributed by atoms with van der Waals surface area (Å²) in [5, 5.41) is 3.56. The summed E-state index contributed by atoms with van der Waals surface area (Å²) >= 11 is 0. The Labute approximate surface area is 167 Å². The highest BCUT2D eigenvalue weighted by atomic mass is 16.7. The molecule has 0 saturated carbocycles. The van der Waals surface area contributed by atoms with Gasteiger partial charge in [0.2, 0.25) is 0 Å². The van der Waals surface area contributed by atoms with Crippen LogP contribution in [-0.4, -0.2) is 13.2 Å². The molecule has 0 radical (unpaired) electrons. The Hall–Kier alpha value is -0.900. The summed E-state index contributed by atoms with van der Waals surface area (Å²) in [4.78, 5) is 0. The van der Waals surface area contributed by atoms with Crippen molar-refractivity contribution in [3.8, 4) is 0 Å². The van der Waals surface area contributed by atoms with Crippen LogP contribution in [0.25, 0.3) is 0 Å². The maximum atomic E-state index is 6.53. The molecule has 1 aliphatic heterocycles. The van der Waals surface area contributed by atoms with Crippen LogP contribution in [-0.2, 0) is 21.9 Å². The van der Waals surface area contributed by atoms with Gasteiger partial charge in [-0.15, -0.1) is 0 Å². The molecule has 0 aromatic heterocycles. The van der Waals surface area contributed by atoms with Crippen molar-refractivity contribution in [2.24, 2.45) is 11.8 Å². The molecule has 2 atom stereocenters. The number of ether oxygens (including phenoxy) is 2. The third kappa shape index (κ3) is 6.30. The summed E-state index contributed by atoms with van der Waals surface area (Å²) in [6, 6.07) is 8.54. The number of unbranched alkanes of at least 4 members (excludes halogenated alkanes) is 2. The van der Waals surface area contributed by atoms with Crippen LogP contribution < -0.4 is 5.32 Å². The lowest BCUT2D eigenvalue weighted by atomic mass is 10.00. The maximum Gasteiger partial charge on any atom is 0.256 e. The van der Waals surface area contributed by atoms with Gasteiger partial charge in [-0.1, -0.05) is 90.5 Å². The molecule has 1 aromatic carbocycles. The molecular weight excluding hydrogens is 334 g/mol. The van der Waals surface area contributed by atoms with Crippen LogP contribution in [0.5, 0.6) is 0 Å². The lowest BCUT2D eigenvalue weighted by Crippen LogP contribution is -2.44. The van der Waals surface area contributed by atoms with Crippen LogP contribution in [0.4, 0.5) is 0 Å². The van der Waals surface area contributed by atoms with E-state index in [1.54, 1.807) is 0 Å². The molecule has 1 N–H and O–H groups in total. The van der Waals surface area contributed by atoms with Gasteiger partial charge in [0.25, 0.3) is 5.91 Å². The van der Waals surface area contributed by atoms with E-state index < -0.39 is 5.91 Å². The number of fused-ring (bicyclic) bond motifs is 1. The number of rotatable bonds is 14. The van der Waals surface area contributed by atoms with Crippen molar-refractivity contribution in [1.82, 2.24) is 5.32 Å². The van der Waals surface area contributed by atoms with Gasteiger partial charge in [0.1, 0.15) is 0 Å². The second-order valence-corrected chi connectivity index (χ2v) is 8.08. The van der Waals surface area contributed by atoms with E-state index in [-0.39, 0.29) is 0 Å². The van der Waals surface area contributed by atoms with Crippen molar-refractivity contribution >= 4 is 0 Å². The molecule has 0 spiro atoms. The minimum Gasteiger partial charge on any atom is -0.333 e. The number of nitrogens with one attached hydrogen (secondary N) is 1. The molecule has 2 unspecified atom stereocenters. The summed E-state index contributed by atoms with van der Waals surface area (Å²) in [5.74, 6) is 0.430. The number of hydrogen-bond donors (Lipinski definition) is 1. The van der Waals surface area contributed by atoms with Crippen LogP contribution in [0.2, 0.25) is 0 Å². The standard InChI is InChI=1S/C24H41NO2/c1-5-9-13-20(7-3)18-26-24(27-19-21(8-4)14-10-6-2)23-16-12-11-15-22(23)17-25-24/h11-12,15-16,20-21,25H,5-10,13-14,17-19H2,1-4H3. The lowest BCUT2D eigenvalue weighted by molar-refractivity contribution is -0.272. The minimum atomic E-state index is -0.768. The zero-order chi connectivity index (χ0) is 19.5. The van der Waals surface area contributed by atoms with Crippen molar-refractivity contribution in [3.63, 3.8) is 0 Å². The average Bonchev–Trinajstić information content (AvgIpc) is 3.07. The largest absolute Gasteiger partial charge is 0.333 e. The van der Waals surface area contributed by atoms with Crippen molar-refractivity contribution in [1.29, 1.82) is 0 Å². The summed E-state index contributed by atoms with van der Waals surface area (Å²) < 4.78 is 13.1. The van der Waals surface area contributed by atoms with Crippen molar-refractivity contribution in [3.05, 3.63) is 35.4 Å². The average molecular weight is 376 g/mol. The van der Waals surface area contributed by atoms with E-state index in [4.69, 9.17) is 9.47 Å². The molecule has 3 heteroatoms. The van der Waals surface area contributed by atoms with E-state index in [0.717, 1.165) is 32.6 Å². The lowest BCUT2D eigenvalue weighted by Gasteiger charge is -2.34. The van der Waals surface area contributed by atoms with Crippen LogP contribution in [0.15, 0.2) is 24.3 Å². The van der Waals surface area contributed by atoms with Gasteiger partial charge in [-0.25, -0.2) is 0 Å². The highest BCUT2D eigenvalue weighted by molar-refractivity contribution is 5.34. The van der Waals surface area contributed by atoms with E-state index in [9.17, 15) is 0 Å². The van der Waals surface area contributed by atoms with Gasteiger partial charge >= 0.3 is 0 Å². The Morgan fingerprint density at radius 1 is 0.889 bits per heavy atom. The van der Waals surface area contributed by atoms with Gasteiger partial charge in [-0.2, -0.15) is 0 Å². The van der Waals surface area contributed by atoms with Crippen molar-refractivity contribution in [2.75, 3.05) is 13.2 Å². The van der Waals surface area contributed by atoms with Gasteiger partial charge in [0, 0.05) is 12.1 Å². The number of benzene rings is 1. The Kier molecular flexibility index (Phi) is 9.81. The fourth-order valence-corrected chi connectivity index (χ4v) is 3.87. The van der Waals surface area contributed by atoms with Crippen LogP contribution >= 0.6 is 0 Å². The molecule has 27 heavy (non-hydrogen) atoms. The minimum absolute atomic E-state index is 0.599. The van der Waals surface area contributed by atoms with Crippen LogP contribution in [0, 0.1) is 11.8 Å². The zero-order valence-electron chi connectivity index (χ0n) is 18.1. The molecule has 0 fully saturated rings. The zero-order valence-corrected chi connectivity index (χ0v) is 18.1. The molecule has 1 aliphatic rings. The molecule has 0 aliphatic carbocycles. The van der Waals surface area contributed by atoms with Gasteiger partial charge in [0.05, 0.1) is 13.2 Å². The first-order valence-corrected chi connectivity index (χ1v) is 11.3. The monoisotopic (exact) mass is 375 g/mol. The van der Waals surface area contributed by atoms with Gasteiger partial charge < -0.3 is 9.47 Å². The summed E-state index contributed by atoms with van der Waals surface area (Å²) in [6.07, 6.45) is 9.82. The van der Waals surface area contributed by atoms with E-state index >= 15 is 0 Å². The fourth-order valence-electron chi connectivity index (χ4n) is 3.87. The molecule has 0 saturated heterocycles. The van der Waals surface area contributed by atoms with E-state index in [2.05, 4.69) is 57.3 Å². The van der Waals surface area contributed by atoms with Crippen LogP contribution in [0.1, 0.15) is 90.2 Å². The molecule has 154 valence electrons. The topological polar surface area (TPSA) is 30.5 Å². The Balaban J connectivity index is 2.08. The summed E-state index contributed by atoms with van der Waals surface area (Å²) in [6.45, 7) is 11.4. The summed E-state index contributed by atoms with van der Waals surface area (Å²) in [7, 11) is 0. The van der Waals surface area contributed by atoms with Crippen molar-refractivity contribution < 1.29 is 9.47 Å². The third-order valence-electron chi connectivity index (χ3n) is 6.01. The normalized spacial score (nSPS) is 21.2. The first-order valence-electron chi connectivity index (χ1n) is 11.3. The molecule has 0 amide bonds. The highest BCUT2D eigenvalue weighted by Crippen LogP contribution is 2.35. The second kappa shape index (κ2) is 11.8. The van der Waals surface area contributed by atoms with Gasteiger partial charge in [-0.3, -0.25) is 5.32 Å².